The molecular weight excluding hydrogens is 264 g/mol. The third-order valence-corrected chi connectivity index (χ3v) is 3.68. The molecule has 0 spiro atoms. The molecule has 0 aliphatic heterocycles. The third-order valence-electron chi connectivity index (χ3n) is 2.99. The summed E-state index contributed by atoms with van der Waals surface area (Å²) in [5.74, 6) is 0. The number of aryl methyl sites for hydroxylation is 2. The monoisotopic (exact) mass is 280 g/mol. The Kier molecular flexibility index (Phi) is 3.66. The fraction of sp³-hybridized carbons (Fsp3) is 0.385. The highest BCUT2D eigenvalue weighted by Gasteiger charge is 2.07. The fourth-order valence-corrected chi connectivity index (χ4v) is 2.54. The molecule has 1 aromatic carbocycles. The van der Waals surface area contributed by atoms with Crippen LogP contribution in [0, 0.1) is 0 Å². The molecule has 0 radical (unpaired) electrons. The minimum Gasteiger partial charge on any atom is -0.348 e. The van der Waals surface area contributed by atoms with Crippen molar-refractivity contribution in [2.45, 2.75) is 12.8 Å². The van der Waals surface area contributed by atoms with E-state index in [0.717, 1.165) is 13.0 Å². The summed E-state index contributed by atoms with van der Waals surface area (Å²) >= 11 is 3.60. The second-order valence-electron chi connectivity index (χ2n) is 4.07. The van der Waals surface area contributed by atoms with E-state index in [1.54, 1.807) is 0 Å². The number of aromatic nitrogens is 1. The Morgan fingerprint density at radius 3 is 2.88 bits per heavy atom. The number of nitrogens with one attached hydrogen (secondary N) is 1. The molecule has 0 atom stereocenters. The summed E-state index contributed by atoms with van der Waals surface area (Å²) in [4.78, 5) is 0. The Morgan fingerprint density at radius 1 is 1.38 bits per heavy atom. The molecule has 0 bridgehead atoms. The lowest BCUT2D eigenvalue weighted by atomic mass is 10.2. The Bertz CT molecular complexity index is 488. The maximum Gasteiger partial charge on any atom is 0.0491 e. The number of hydrogen-bond acceptors (Lipinski definition) is 1. The molecule has 2 rings (SSSR count). The van der Waals surface area contributed by atoms with E-state index in [4.69, 9.17) is 0 Å². The molecule has 0 amide bonds. The van der Waals surface area contributed by atoms with Gasteiger partial charge in [0, 0.05) is 28.1 Å². The zero-order valence-corrected chi connectivity index (χ0v) is 11.3. The maximum absolute atomic E-state index is 3.60. The van der Waals surface area contributed by atoms with E-state index >= 15 is 0 Å². The van der Waals surface area contributed by atoms with Gasteiger partial charge in [0.05, 0.1) is 0 Å². The molecule has 2 aromatic rings. The van der Waals surface area contributed by atoms with Gasteiger partial charge in [-0.3, -0.25) is 0 Å². The molecule has 0 aliphatic carbocycles. The van der Waals surface area contributed by atoms with Crippen LogP contribution in [-0.2, 0) is 13.5 Å². The number of benzene rings is 1. The average Bonchev–Trinajstić information content (AvgIpc) is 2.59. The van der Waals surface area contributed by atoms with Crippen LogP contribution in [0.2, 0.25) is 0 Å². The van der Waals surface area contributed by atoms with Gasteiger partial charge in [-0.2, -0.15) is 0 Å². The zero-order valence-electron chi connectivity index (χ0n) is 9.76. The normalized spacial score (nSPS) is 11.2. The summed E-state index contributed by atoms with van der Waals surface area (Å²) in [7, 11) is 4.14. The molecule has 3 heteroatoms. The molecule has 86 valence electrons. The van der Waals surface area contributed by atoms with E-state index in [1.165, 1.54) is 27.5 Å². The molecule has 0 fully saturated rings. The highest BCUT2D eigenvalue weighted by molar-refractivity contribution is 9.10. The van der Waals surface area contributed by atoms with Crippen molar-refractivity contribution < 1.29 is 0 Å². The van der Waals surface area contributed by atoms with Gasteiger partial charge in [-0.05, 0) is 44.6 Å². The van der Waals surface area contributed by atoms with Gasteiger partial charge in [0.2, 0.25) is 0 Å². The largest absolute Gasteiger partial charge is 0.348 e. The standard InChI is InChI=1S/C13H17BrN2/c1-15-8-4-5-10-9-11-12(14)6-3-7-13(11)16(10)2/h3,6-7,9,15H,4-5,8H2,1-2H3. The lowest BCUT2D eigenvalue weighted by Crippen LogP contribution is -2.09. The van der Waals surface area contributed by atoms with Crippen molar-refractivity contribution in [1.29, 1.82) is 0 Å². The van der Waals surface area contributed by atoms with Gasteiger partial charge < -0.3 is 9.88 Å². The van der Waals surface area contributed by atoms with Crippen LogP contribution < -0.4 is 5.32 Å². The number of fused-ring (bicyclic) bond motifs is 1. The summed E-state index contributed by atoms with van der Waals surface area (Å²) < 4.78 is 3.47. The molecule has 0 saturated heterocycles. The summed E-state index contributed by atoms with van der Waals surface area (Å²) in [6, 6.07) is 8.64. The maximum atomic E-state index is 3.60. The van der Waals surface area contributed by atoms with Gasteiger partial charge >= 0.3 is 0 Å². The van der Waals surface area contributed by atoms with Gasteiger partial charge in [0.1, 0.15) is 0 Å². The number of hydrogen-bond donors (Lipinski definition) is 1. The molecule has 0 unspecified atom stereocenters. The van der Waals surface area contributed by atoms with E-state index in [1.807, 2.05) is 7.05 Å². The Hall–Kier alpha value is -0.800. The number of nitrogens with zero attached hydrogens (tertiary/aromatic N) is 1. The van der Waals surface area contributed by atoms with E-state index in [0.29, 0.717) is 0 Å². The molecular formula is C13H17BrN2. The van der Waals surface area contributed by atoms with Crippen LogP contribution in [0.25, 0.3) is 10.9 Å². The van der Waals surface area contributed by atoms with Crippen molar-refractivity contribution in [1.82, 2.24) is 9.88 Å². The fourth-order valence-electron chi connectivity index (χ4n) is 2.07. The first-order valence-electron chi connectivity index (χ1n) is 5.61. The van der Waals surface area contributed by atoms with E-state index in [9.17, 15) is 0 Å². The number of halogens is 1. The van der Waals surface area contributed by atoms with Crippen molar-refractivity contribution in [2.24, 2.45) is 7.05 Å². The van der Waals surface area contributed by atoms with Gasteiger partial charge in [-0.1, -0.05) is 22.0 Å². The summed E-state index contributed by atoms with van der Waals surface area (Å²) in [6.45, 7) is 1.07. The van der Waals surface area contributed by atoms with Crippen LogP contribution in [0.5, 0.6) is 0 Å². The van der Waals surface area contributed by atoms with Gasteiger partial charge in [-0.25, -0.2) is 0 Å². The summed E-state index contributed by atoms with van der Waals surface area (Å²) in [5.41, 5.74) is 2.70. The third kappa shape index (κ3) is 2.15. The van der Waals surface area contributed by atoms with Crippen LogP contribution in [0.3, 0.4) is 0 Å². The smallest absolute Gasteiger partial charge is 0.0491 e. The predicted octanol–water partition coefficient (Wildman–Crippen LogP) is 3.09. The predicted molar refractivity (Wildman–Crippen MR) is 72.9 cm³/mol. The van der Waals surface area contributed by atoms with Gasteiger partial charge in [0.25, 0.3) is 0 Å². The first-order valence-corrected chi connectivity index (χ1v) is 6.40. The molecule has 1 aromatic heterocycles. The lowest BCUT2D eigenvalue weighted by Gasteiger charge is -2.03. The SMILES string of the molecule is CNCCCc1cc2c(Br)cccc2n1C. The number of rotatable bonds is 4. The first-order chi connectivity index (χ1) is 7.74. The highest BCUT2D eigenvalue weighted by Crippen LogP contribution is 2.26. The molecule has 2 nitrogen and oxygen atoms in total. The summed E-state index contributed by atoms with van der Waals surface area (Å²) in [6.07, 6.45) is 2.30. The van der Waals surface area contributed by atoms with Crippen LogP contribution in [-0.4, -0.2) is 18.2 Å². The van der Waals surface area contributed by atoms with E-state index in [2.05, 4.69) is 57.1 Å². The molecule has 1 N–H and O–H groups in total. The molecule has 1 heterocycles. The zero-order chi connectivity index (χ0) is 11.5. The molecule has 0 aliphatic rings. The van der Waals surface area contributed by atoms with Crippen molar-refractivity contribution in [3.63, 3.8) is 0 Å². The second kappa shape index (κ2) is 5.02. The molecule has 0 saturated carbocycles. The minimum absolute atomic E-state index is 1.07. The van der Waals surface area contributed by atoms with Crippen LogP contribution in [0.1, 0.15) is 12.1 Å². The van der Waals surface area contributed by atoms with Gasteiger partial charge in [0.15, 0.2) is 0 Å². The van der Waals surface area contributed by atoms with E-state index in [-0.39, 0.29) is 0 Å². The quantitative estimate of drug-likeness (QED) is 0.852. The van der Waals surface area contributed by atoms with Crippen LogP contribution >= 0.6 is 15.9 Å². The van der Waals surface area contributed by atoms with E-state index < -0.39 is 0 Å². The summed E-state index contributed by atoms with van der Waals surface area (Å²) in [5, 5.41) is 4.49. The topological polar surface area (TPSA) is 17.0 Å². The Morgan fingerprint density at radius 2 is 2.19 bits per heavy atom. The van der Waals surface area contributed by atoms with Crippen molar-refractivity contribution in [3.05, 3.63) is 34.4 Å². The Balaban J connectivity index is 2.33. The lowest BCUT2D eigenvalue weighted by molar-refractivity contribution is 0.699. The second-order valence-corrected chi connectivity index (χ2v) is 4.93. The molecule has 16 heavy (non-hydrogen) atoms. The average molecular weight is 281 g/mol. The first kappa shape index (κ1) is 11.7. The van der Waals surface area contributed by atoms with Crippen LogP contribution in [0.4, 0.5) is 0 Å². The minimum atomic E-state index is 1.07. The van der Waals surface area contributed by atoms with Crippen LogP contribution in [0.15, 0.2) is 28.7 Å². The Labute approximate surface area is 105 Å². The highest BCUT2D eigenvalue weighted by atomic mass is 79.9. The van der Waals surface area contributed by atoms with Crippen molar-refractivity contribution >= 4 is 26.8 Å². The van der Waals surface area contributed by atoms with Gasteiger partial charge in [-0.15, -0.1) is 0 Å². The van der Waals surface area contributed by atoms with Crippen molar-refractivity contribution in [3.8, 4) is 0 Å². The van der Waals surface area contributed by atoms with Crippen molar-refractivity contribution in [2.75, 3.05) is 13.6 Å².